The van der Waals surface area contributed by atoms with Gasteiger partial charge in [0.25, 0.3) is 0 Å². The summed E-state index contributed by atoms with van der Waals surface area (Å²) in [5.41, 5.74) is 2.30. The first-order valence-corrected chi connectivity index (χ1v) is 7.70. The molecule has 1 unspecified atom stereocenters. The van der Waals surface area contributed by atoms with Crippen molar-refractivity contribution in [3.8, 4) is 0 Å². The lowest BCUT2D eigenvalue weighted by Crippen LogP contribution is -2.12. The zero-order valence-corrected chi connectivity index (χ0v) is 12.3. The van der Waals surface area contributed by atoms with E-state index in [2.05, 4.69) is 33.8 Å². The molecule has 0 spiro atoms. The van der Waals surface area contributed by atoms with Crippen molar-refractivity contribution in [3.05, 3.63) is 54.0 Å². The Morgan fingerprint density at radius 3 is 2.90 bits per heavy atom. The van der Waals surface area contributed by atoms with Crippen LogP contribution in [0.3, 0.4) is 0 Å². The van der Waals surface area contributed by atoms with Crippen LogP contribution in [0.1, 0.15) is 17.8 Å². The summed E-state index contributed by atoms with van der Waals surface area (Å²) >= 11 is 0. The molecule has 3 rings (SSSR count). The third kappa shape index (κ3) is 4.26. The van der Waals surface area contributed by atoms with Crippen LogP contribution < -0.4 is 10.6 Å². The van der Waals surface area contributed by atoms with E-state index in [0.717, 1.165) is 49.9 Å². The minimum atomic E-state index is 0.737. The molecule has 21 heavy (non-hydrogen) atoms. The van der Waals surface area contributed by atoms with Crippen LogP contribution in [-0.4, -0.2) is 29.6 Å². The molecule has 0 saturated carbocycles. The first-order valence-electron chi connectivity index (χ1n) is 7.70. The molecule has 1 saturated heterocycles. The van der Waals surface area contributed by atoms with Gasteiger partial charge in [0.2, 0.25) is 0 Å². The largest absolute Gasteiger partial charge is 0.370 e. The van der Waals surface area contributed by atoms with Crippen molar-refractivity contribution in [2.75, 3.05) is 25.0 Å². The first kappa shape index (κ1) is 14.0. The third-order valence-electron chi connectivity index (χ3n) is 3.88. The molecule has 0 aromatic carbocycles. The van der Waals surface area contributed by atoms with Crippen LogP contribution >= 0.6 is 0 Å². The standard InChI is InChI=1S/C17H22N4/c1-2-9-19-15(4-1)8-11-20-17-6-3-5-16(21-17)12-14-7-10-18-13-14/h1-6,9,14,18H,7-8,10-13H2,(H,20,21). The number of nitrogens with zero attached hydrogens (tertiary/aromatic N) is 2. The number of hydrogen-bond acceptors (Lipinski definition) is 4. The van der Waals surface area contributed by atoms with Gasteiger partial charge < -0.3 is 10.6 Å². The molecule has 0 aliphatic carbocycles. The monoisotopic (exact) mass is 282 g/mol. The average molecular weight is 282 g/mol. The van der Waals surface area contributed by atoms with Crippen LogP contribution in [0, 0.1) is 5.92 Å². The fourth-order valence-corrected chi connectivity index (χ4v) is 2.74. The van der Waals surface area contributed by atoms with Crippen LogP contribution in [0.25, 0.3) is 0 Å². The van der Waals surface area contributed by atoms with E-state index in [1.165, 1.54) is 12.1 Å². The Morgan fingerprint density at radius 1 is 1.14 bits per heavy atom. The van der Waals surface area contributed by atoms with Gasteiger partial charge in [0.1, 0.15) is 5.82 Å². The van der Waals surface area contributed by atoms with Crippen LogP contribution in [0.2, 0.25) is 0 Å². The van der Waals surface area contributed by atoms with Gasteiger partial charge in [-0.1, -0.05) is 12.1 Å². The number of pyridine rings is 2. The number of hydrogen-bond donors (Lipinski definition) is 2. The molecule has 1 fully saturated rings. The average Bonchev–Trinajstić information content (AvgIpc) is 3.02. The third-order valence-corrected chi connectivity index (χ3v) is 3.88. The Kier molecular flexibility index (Phi) is 4.79. The molecule has 4 nitrogen and oxygen atoms in total. The summed E-state index contributed by atoms with van der Waals surface area (Å²) in [6.45, 7) is 3.13. The molecule has 110 valence electrons. The maximum Gasteiger partial charge on any atom is 0.126 e. The summed E-state index contributed by atoms with van der Waals surface area (Å²) in [7, 11) is 0. The number of rotatable bonds is 6. The van der Waals surface area contributed by atoms with Crippen molar-refractivity contribution in [1.29, 1.82) is 0 Å². The maximum absolute atomic E-state index is 4.71. The highest BCUT2D eigenvalue weighted by Crippen LogP contribution is 2.15. The van der Waals surface area contributed by atoms with E-state index < -0.39 is 0 Å². The van der Waals surface area contributed by atoms with Crippen LogP contribution in [0.15, 0.2) is 42.6 Å². The summed E-state index contributed by atoms with van der Waals surface area (Å²) in [6.07, 6.45) is 5.09. The van der Waals surface area contributed by atoms with Gasteiger partial charge in [-0.05, 0) is 56.1 Å². The highest BCUT2D eigenvalue weighted by Gasteiger charge is 2.15. The van der Waals surface area contributed by atoms with Gasteiger partial charge in [-0.2, -0.15) is 0 Å². The van der Waals surface area contributed by atoms with Gasteiger partial charge in [0.15, 0.2) is 0 Å². The van der Waals surface area contributed by atoms with Crippen molar-refractivity contribution in [3.63, 3.8) is 0 Å². The zero-order chi connectivity index (χ0) is 14.3. The Morgan fingerprint density at radius 2 is 2.10 bits per heavy atom. The second-order valence-corrected chi connectivity index (χ2v) is 5.57. The highest BCUT2D eigenvalue weighted by atomic mass is 15.0. The number of nitrogens with one attached hydrogen (secondary N) is 2. The predicted molar refractivity (Wildman–Crippen MR) is 85.3 cm³/mol. The van der Waals surface area contributed by atoms with Gasteiger partial charge in [-0.15, -0.1) is 0 Å². The van der Waals surface area contributed by atoms with E-state index in [1.807, 2.05) is 24.4 Å². The molecular weight excluding hydrogens is 260 g/mol. The molecule has 2 aromatic heterocycles. The minimum Gasteiger partial charge on any atom is -0.370 e. The fraction of sp³-hybridized carbons (Fsp3) is 0.412. The van der Waals surface area contributed by atoms with Crippen LogP contribution in [-0.2, 0) is 12.8 Å². The highest BCUT2D eigenvalue weighted by molar-refractivity contribution is 5.35. The maximum atomic E-state index is 4.71. The second kappa shape index (κ2) is 7.18. The molecule has 4 heteroatoms. The summed E-state index contributed by atoms with van der Waals surface area (Å²) in [5.74, 6) is 1.70. The Hall–Kier alpha value is -1.94. The Labute approximate surface area is 126 Å². The van der Waals surface area contributed by atoms with Gasteiger partial charge >= 0.3 is 0 Å². The van der Waals surface area contributed by atoms with E-state index in [1.54, 1.807) is 0 Å². The number of anilines is 1. The molecule has 1 aliphatic rings. The van der Waals surface area contributed by atoms with E-state index in [4.69, 9.17) is 4.98 Å². The van der Waals surface area contributed by atoms with Crippen LogP contribution in [0.5, 0.6) is 0 Å². The molecule has 2 aromatic rings. The second-order valence-electron chi connectivity index (χ2n) is 5.57. The quantitative estimate of drug-likeness (QED) is 0.853. The summed E-state index contributed by atoms with van der Waals surface area (Å²) < 4.78 is 0. The fourth-order valence-electron chi connectivity index (χ4n) is 2.74. The van der Waals surface area contributed by atoms with Crippen molar-refractivity contribution < 1.29 is 0 Å². The van der Waals surface area contributed by atoms with E-state index >= 15 is 0 Å². The zero-order valence-electron chi connectivity index (χ0n) is 12.3. The predicted octanol–water partition coefficient (Wildman–Crippen LogP) is 2.28. The van der Waals surface area contributed by atoms with E-state index in [-0.39, 0.29) is 0 Å². The van der Waals surface area contributed by atoms with Gasteiger partial charge in [-0.25, -0.2) is 4.98 Å². The smallest absolute Gasteiger partial charge is 0.126 e. The van der Waals surface area contributed by atoms with Crippen LogP contribution in [0.4, 0.5) is 5.82 Å². The van der Waals surface area contributed by atoms with Gasteiger partial charge in [0, 0.05) is 30.6 Å². The molecule has 3 heterocycles. The topological polar surface area (TPSA) is 49.8 Å². The first-order chi connectivity index (χ1) is 10.4. The van der Waals surface area contributed by atoms with Gasteiger partial charge in [0.05, 0.1) is 0 Å². The Bertz CT molecular complexity index is 550. The lowest BCUT2D eigenvalue weighted by molar-refractivity contribution is 0.572. The van der Waals surface area contributed by atoms with E-state index in [9.17, 15) is 0 Å². The summed E-state index contributed by atoms with van der Waals surface area (Å²) in [6, 6.07) is 12.3. The molecule has 2 N–H and O–H groups in total. The van der Waals surface area contributed by atoms with Crippen molar-refractivity contribution in [1.82, 2.24) is 15.3 Å². The van der Waals surface area contributed by atoms with Crippen molar-refractivity contribution >= 4 is 5.82 Å². The summed E-state index contributed by atoms with van der Waals surface area (Å²) in [4.78, 5) is 9.04. The SMILES string of the molecule is c1ccc(CCNc2cccc(CC3CCNC3)n2)nc1. The number of aromatic nitrogens is 2. The molecule has 1 atom stereocenters. The molecule has 0 amide bonds. The van der Waals surface area contributed by atoms with Crippen molar-refractivity contribution in [2.24, 2.45) is 5.92 Å². The minimum absolute atomic E-state index is 0.737. The molecule has 1 aliphatic heterocycles. The lowest BCUT2D eigenvalue weighted by atomic mass is 10.0. The molecule has 0 radical (unpaired) electrons. The lowest BCUT2D eigenvalue weighted by Gasteiger charge is -2.10. The normalized spacial score (nSPS) is 17.8. The molecule has 0 bridgehead atoms. The van der Waals surface area contributed by atoms with Gasteiger partial charge in [-0.3, -0.25) is 4.98 Å². The van der Waals surface area contributed by atoms with E-state index in [0.29, 0.717) is 0 Å². The van der Waals surface area contributed by atoms with Crippen molar-refractivity contribution in [2.45, 2.75) is 19.3 Å². The molecular formula is C17H22N4. The Balaban J connectivity index is 1.51. The summed E-state index contributed by atoms with van der Waals surface area (Å²) in [5, 5.41) is 6.80.